The number of carbonyl (C=O) groups excluding carboxylic acids is 2. The zero-order chi connectivity index (χ0) is 26.6. The van der Waals surface area contributed by atoms with Crippen molar-refractivity contribution in [1.29, 1.82) is 0 Å². The van der Waals surface area contributed by atoms with Crippen LogP contribution in [-0.2, 0) is 25.5 Å². The summed E-state index contributed by atoms with van der Waals surface area (Å²) >= 11 is 12.2. The number of ether oxygens (including phenoxy) is 2. The number of nitrogens with zero attached hydrogens (tertiary/aromatic N) is 2. The van der Waals surface area contributed by atoms with Crippen LogP contribution in [0, 0.1) is 0 Å². The Kier molecular flexibility index (Phi) is 12.3. The molecule has 0 unspecified atom stereocenters. The zero-order valence-corrected chi connectivity index (χ0v) is 23.1. The minimum atomic E-state index is -0.0615. The first-order chi connectivity index (χ1) is 17.8. The number of carbonyl (C=O) groups is 2. The number of amides is 1. The summed E-state index contributed by atoms with van der Waals surface area (Å²) < 4.78 is 10.8. The number of benzene rings is 2. The van der Waals surface area contributed by atoms with Crippen LogP contribution in [0.15, 0.2) is 48.5 Å². The number of Topliss-reactive ketones (excluding diaryl/α,β-unsaturated/α-hetero) is 1. The average molecular weight is 551 g/mol. The molecule has 1 amide bonds. The van der Waals surface area contributed by atoms with Gasteiger partial charge in [0, 0.05) is 32.7 Å². The van der Waals surface area contributed by atoms with E-state index in [9.17, 15) is 9.59 Å². The van der Waals surface area contributed by atoms with Crippen molar-refractivity contribution >= 4 is 34.9 Å². The Morgan fingerprint density at radius 2 is 1.84 bits per heavy atom. The number of likely N-dealkylation sites (N-methyl/N-ethyl adjacent to an activating group) is 1. The Labute approximate surface area is 230 Å². The van der Waals surface area contributed by atoms with Crippen LogP contribution in [0.3, 0.4) is 0 Å². The lowest BCUT2D eigenvalue weighted by Crippen LogP contribution is -2.41. The molecule has 9 heteroatoms. The molecule has 0 saturated carbocycles. The van der Waals surface area contributed by atoms with Crippen molar-refractivity contribution in [2.24, 2.45) is 0 Å². The SMILES string of the molecule is CC(=O)COCCOCCN[C@H]1CCN(C[C@H](c2ccccc2)N(C)C(=O)Cc2ccc(Cl)c(Cl)c2)C1. The summed E-state index contributed by atoms with van der Waals surface area (Å²) in [5.41, 5.74) is 1.96. The maximum Gasteiger partial charge on any atom is 0.227 e. The molecule has 1 aliphatic rings. The predicted octanol–water partition coefficient (Wildman–Crippen LogP) is 4.02. The van der Waals surface area contributed by atoms with Crippen LogP contribution < -0.4 is 5.32 Å². The molecule has 0 bridgehead atoms. The van der Waals surface area contributed by atoms with Crippen LogP contribution in [0.2, 0.25) is 10.0 Å². The summed E-state index contributed by atoms with van der Waals surface area (Å²) in [6.45, 7) is 6.55. The van der Waals surface area contributed by atoms with E-state index in [1.54, 1.807) is 12.1 Å². The second-order valence-electron chi connectivity index (χ2n) is 9.42. The number of likely N-dealkylation sites (tertiary alicyclic amines) is 1. The molecule has 2 atom stereocenters. The monoisotopic (exact) mass is 549 g/mol. The van der Waals surface area contributed by atoms with Crippen molar-refractivity contribution in [2.45, 2.75) is 31.8 Å². The van der Waals surface area contributed by atoms with E-state index < -0.39 is 0 Å². The fraction of sp³-hybridized carbons (Fsp3) is 0.500. The van der Waals surface area contributed by atoms with E-state index in [0.29, 0.717) is 35.9 Å². The lowest BCUT2D eigenvalue weighted by molar-refractivity contribution is -0.131. The molecule has 0 spiro atoms. The van der Waals surface area contributed by atoms with Crippen molar-refractivity contribution in [3.05, 3.63) is 69.7 Å². The minimum Gasteiger partial charge on any atom is -0.378 e. The van der Waals surface area contributed by atoms with Crippen molar-refractivity contribution in [3.8, 4) is 0 Å². The molecule has 7 nitrogen and oxygen atoms in total. The molecule has 1 saturated heterocycles. The number of ketones is 1. The molecule has 2 aromatic rings. The van der Waals surface area contributed by atoms with Gasteiger partial charge >= 0.3 is 0 Å². The van der Waals surface area contributed by atoms with Gasteiger partial charge in [-0.2, -0.15) is 0 Å². The standard InChI is InChI=1S/C28H37Cl2N3O4/c1-21(34)20-37-15-14-36-13-11-31-24-10-12-33(18-24)19-27(23-6-4-3-5-7-23)32(2)28(35)17-22-8-9-25(29)26(30)16-22/h3-9,16,24,27,31H,10-15,17-20H2,1-2H3/t24-,27+/m0/s1. The molecule has 0 radical (unpaired) electrons. The molecule has 0 aliphatic carbocycles. The smallest absolute Gasteiger partial charge is 0.227 e. The van der Waals surface area contributed by atoms with Crippen molar-refractivity contribution in [2.75, 3.05) is 59.7 Å². The normalized spacial score (nSPS) is 16.6. The van der Waals surface area contributed by atoms with Crippen molar-refractivity contribution < 1.29 is 19.1 Å². The summed E-state index contributed by atoms with van der Waals surface area (Å²) in [5.74, 6) is 0.0505. The minimum absolute atomic E-state index is 0.0176. The molecular weight excluding hydrogens is 513 g/mol. The molecule has 1 fully saturated rings. The fourth-order valence-corrected chi connectivity index (χ4v) is 4.75. The number of rotatable bonds is 15. The zero-order valence-electron chi connectivity index (χ0n) is 21.6. The van der Waals surface area contributed by atoms with Crippen LogP contribution in [0.5, 0.6) is 0 Å². The third-order valence-electron chi connectivity index (χ3n) is 6.44. The van der Waals surface area contributed by atoms with Gasteiger partial charge in [-0.1, -0.05) is 59.6 Å². The van der Waals surface area contributed by atoms with Gasteiger partial charge in [-0.3, -0.25) is 14.5 Å². The van der Waals surface area contributed by atoms with Crippen LogP contribution in [0.1, 0.15) is 30.5 Å². The van der Waals surface area contributed by atoms with Crippen LogP contribution >= 0.6 is 23.2 Å². The highest BCUT2D eigenvalue weighted by Gasteiger charge is 2.28. The van der Waals surface area contributed by atoms with E-state index in [1.165, 1.54) is 6.92 Å². The van der Waals surface area contributed by atoms with Gasteiger partial charge in [0.1, 0.15) is 6.61 Å². The summed E-state index contributed by atoms with van der Waals surface area (Å²) in [4.78, 5) is 28.4. The van der Waals surface area contributed by atoms with Gasteiger partial charge in [0.15, 0.2) is 5.78 Å². The Morgan fingerprint density at radius 3 is 2.57 bits per heavy atom. The van der Waals surface area contributed by atoms with Gasteiger partial charge < -0.3 is 19.7 Å². The first-order valence-electron chi connectivity index (χ1n) is 12.7. The lowest BCUT2D eigenvalue weighted by atomic mass is 10.0. The first-order valence-corrected chi connectivity index (χ1v) is 13.4. The summed E-state index contributed by atoms with van der Waals surface area (Å²) in [5, 5.41) is 4.50. The van der Waals surface area contributed by atoms with Crippen molar-refractivity contribution in [3.63, 3.8) is 0 Å². The van der Waals surface area contributed by atoms with E-state index in [1.807, 2.05) is 36.2 Å². The molecule has 3 rings (SSSR count). The largest absolute Gasteiger partial charge is 0.378 e. The molecule has 202 valence electrons. The van der Waals surface area contributed by atoms with Crippen molar-refractivity contribution in [1.82, 2.24) is 15.1 Å². The molecule has 37 heavy (non-hydrogen) atoms. The van der Waals surface area contributed by atoms with Gasteiger partial charge in [0.05, 0.1) is 42.3 Å². The Bertz CT molecular complexity index is 1010. The maximum atomic E-state index is 13.2. The number of halogens is 2. The second-order valence-corrected chi connectivity index (χ2v) is 10.2. The number of hydrogen-bond donors (Lipinski definition) is 1. The molecule has 1 aliphatic heterocycles. The van der Waals surface area contributed by atoms with Gasteiger partial charge in [-0.05, 0) is 43.1 Å². The maximum absolute atomic E-state index is 13.2. The van der Waals surface area contributed by atoms with Gasteiger partial charge in [-0.25, -0.2) is 0 Å². The van der Waals surface area contributed by atoms with Crippen LogP contribution in [0.25, 0.3) is 0 Å². The Morgan fingerprint density at radius 1 is 1.08 bits per heavy atom. The first kappa shape index (κ1) is 29.6. The van der Waals surface area contributed by atoms with E-state index in [2.05, 4.69) is 22.3 Å². The molecule has 1 heterocycles. The van der Waals surface area contributed by atoms with E-state index >= 15 is 0 Å². The van der Waals surface area contributed by atoms with Gasteiger partial charge in [0.2, 0.25) is 5.91 Å². The lowest BCUT2D eigenvalue weighted by Gasteiger charge is -2.32. The predicted molar refractivity (Wildman–Crippen MR) is 147 cm³/mol. The Balaban J connectivity index is 1.48. The van der Waals surface area contributed by atoms with Crippen LogP contribution in [-0.4, -0.2) is 87.2 Å². The highest BCUT2D eigenvalue weighted by molar-refractivity contribution is 6.42. The van der Waals surface area contributed by atoms with E-state index in [-0.39, 0.29) is 30.8 Å². The molecule has 1 N–H and O–H groups in total. The highest BCUT2D eigenvalue weighted by atomic mass is 35.5. The highest BCUT2D eigenvalue weighted by Crippen LogP contribution is 2.26. The average Bonchev–Trinajstić information content (AvgIpc) is 3.33. The molecule has 0 aromatic heterocycles. The quantitative estimate of drug-likeness (QED) is 0.338. The summed E-state index contributed by atoms with van der Waals surface area (Å²) in [6.07, 6.45) is 1.31. The van der Waals surface area contributed by atoms with E-state index in [4.69, 9.17) is 32.7 Å². The van der Waals surface area contributed by atoms with E-state index in [0.717, 1.165) is 43.7 Å². The van der Waals surface area contributed by atoms with Gasteiger partial charge in [0.25, 0.3) is 0 Å². The molecule has 2 aromatic carbocycles. The third-order valence-corrected chi connectivity index (χ3v) is 7.18. The summed E-state index contributed by atoms with van der Waals surface area (Å²) in [7, 11) is 1.88. The third kappa shape index (κ3) is 10.0. The Hall–Kier alpha value is -2.00. The number of hydrogen-bond acceptors (Lipinski definition) is 6. The molecular formula is C28H37Cl2N3O4. The fourth-order valence-electron chi connectivity index (χ4n) is 4.43. The van der Waals surface area contributed by atoms with Crippen LogP contribution in [0.4, 0.5) is 0 Å². The second kappa shape index (κ2) is 15.4. The summed E-state index contributed by atoms with van der Waals surface area (Å²) in [6, 6.07) is 15.8. The number of nitrogens with one attached hydrogen (secondary N) is 1. The van der Waals surface area contributed by atoms with Gasteiger partial charge in [-0.15, -0.1) is 0 Å². The topological polar surface area (TPSA) is 71.1 Å².